The molecular weight excluding hydrogens is 378 g/mol. The van der Waals surface area contributed by atoms with Gasteiger partial charge in [-0.2, -0.15) is 10.4 Å². The van der Waals surface area contributed by atoms with E-state index in [2.05, 4.69) is 26.6 Å². The molecular formula is C22H21N7O. The number of rotatable bonds is 6. The van der Waals surface area contributed by atoms with E-state index < -0.39 is 0 Å². The zero-order valence-electron chi connectivity index (χ0n) is 16.7. The number of pyridine rings is 1. The third kappa shape index (κ3) is 3.79. The van der Waals surface area contributed by atoms with Crippen LogP contribution < -0.4 is 5.32 Å². The molecule has 2 N–H and O–H groups in total. The Kier molecular flexibility index (Phi) is 5.28. The largest absolute Gasteiger partial charge is 0.396 e. The van der Waals surface area contributed by atoms with Gasteiger partial charge in [0.15, 0.2) is 5.82 Å². The van der Waals surface area contributed by atoms with Gasteiger partial charge in [0.25, 0.3) is 0 Å². The molecule has 0 aliphatic carbocycles. The van der Waals surface area contributed by atoms with Gasteiger partial charge in [-0.1, -0.05) is 0 Å². The van der Waals surface area contributed by atoms with Crippen LogP contribution in [0.3, 0.4) is 0 Å². The average molecular weight is 399 g/mol. The molecule has 1 aromatic carbocycles. The smallest absolute Gasteiger partial charge is 0.175 e. The van der Waals surface area contributed by atoms with Gasteiger partial charge < -0.3 is 10.4 Å². The van der Waals surface area contributed by atoms with Crippen LogP contribution in [0.15, 0.2) is 55.0 Å². The summed E-state index contributed by atoms with van der Waals surface area (Å²) in [7, 11) is 0. The molecule has 0 amide bonds. The van der Waals surface area contributed by atoms with E-state index in [0.717, 1.165) is 28.2 Å². The van der Waals surface area contributed by atoms with Crippen LogP contribution in [0.5, 0.6) is 0 Å². The van der Waals surface area contributed by atoms with E-state index in [1.807, 2.05) is 56.6 Å². The normalized spacial score (nSPS) is 10.7. The summed E-state index contributed by atoms with van der Waals surface area (Å²) in [6.45, 7) is 3.84. The Morgan fingerprint density at radius 3 is 2.70 bits per heavy atom. The summed E-state index contributed by atoms with van der Waals surface area (Å²) >= 11 is 0. The molecule has 0 saturated heterocycles. The van der Waals surface area contributed by atoms with E-state index >= 15 is 0 Å². The summed E-state index contributed by atoms with van der Waals surface area (Å²) in [6.07, 6.45) is 5.81. The van der Waals surface area contributed by atoms with E-state index in [-0.39, 0.29) is 6.61 Å². The maximum atomic E-state index is 9.69. The molecule has 30 heavy (non-hydrogen) atoms. The topological polar surface area (TPSA) is 105 Å². The molecule has 0 unspecified atom stereocenters. The van der Waals surface area contributed by atoms with Crippen LogP contribution in [0.2, 0.25) is 0 Å². The van der Waals surface area contributed by atoms with Crippen LogP contribution in [-0.4, -0.2) is 36.3 Å². The van der Waals surface area contributed by atoms with Gasteiger partial charge in [-0.3, -0.25) is 0 Å². The molecule has 8 nitrogen and oxygen atoms in total. The summed E-state index contributed by atoms with van der Waals surface area (Å²) < 4.78 is 3.46. The summed E-state index contributed by atoms with van der Waals surface area (Å²) in [4.78, 5) is 4.67. The van der Waals surface area contributed by atoms with Crippen molar-refractivity contribution in [2.45, 2.75) is 20.3 Å². The van der Waals surface area contributed by atoms with Gasteiger partial charge in [-0.15, -0.1) is 5.10 Å². The molecule has 3 aromatic heterocycles. The molecule has 150 valence electrons. The van der Waals surface area contributed by atoms with Gasteiger partial charge in [0.1, 0.15) is 5.82 Å². The summed E-state index contributed by atoms with van der Waals surface area (Å²) in [5.74, 6) is 1.35. The fraction of sp³-hybridized carbons (Fsp3) is 0.182. The van der Waals surface area contributed by atoms with Gasteiger partial charge in [0.05, 0.1) is 17.3 Å². The number of nitriles is 1. The maximum Gasteiger partial charge on any atom is 0.175 e. The second-order valence-electron chi connectivity index (χ2n) is 6.92. The van der Waals surface area contributed by atoms with Crippen LogP contribution in [0, 0.1) is 25.2 Å². The Morgan fingerprint density at radius 1 is 1.13 bits per heavy atom. The SMILES string of the molecule is Cc1cc(-n2ccc(-n3cccn3)n2)c(CCO)c(Nc2ccc(C#N)cc2C)n1. The third-order valence-electron chi connectivity index (χ3n) is 4.76. The molecule has 0 fully saturated rings. The zero-order chi connectivity index (χ0) is 21.1. The van der Waals surface area contributed by atoms with Gasteiger partial charge in [-0.25, -0.2) is 14.3 Å². The highest BCUT2D eigenvalue weighted by Crippen LogP contribution is 2.28. The number of hydrogen-bond donors (Lipinski definition) is 2. The molecule has 0 spiro atoms. The predicted octanol–water partition coefficient (Wildman–Crippen LogP) is 3.22. The number of aryl methyl sites for hydroxylation is 2. The van der Waals surface area contributed by atoms with E-state index in [0.29, 0.717) is 23.6 Å². The second kappa shape index (κ2) is 8.19. The highest BCUT2D eigenvalue weighted by atomic mass is 16.3. The number of aromatic nitrogens is 5. The van der Waals surface area contributed by atoms with Crippen molar-refractivity contribution in [3.63, 3.8) is 0 Å². The number of anilines is 2. The van der Waals surface area contributed by atoms with Gasteiger partial charge >= 0.3 is 0 Å². The molecule has 0 saturated carbocycles. The molecule has 0 aliphatic rings. The lowest BCUT2D eigenvalue weighted by Crippen LogP contribution is -2.10. The monoisotopic (exact) mass is 399 g/mol. The zero-order valence-corrected chi connectivity index (χ0v) is 16.7. The molecule has 0 aliphatic heterocycles. The van der Waals surface area contributed by atoms with Crippen molar-refractivity contribution >= 4 is 11.5 Å². The lowest BCUT2D eigenvalue weighted by atomic mass is 10.1. The fourth-order valence-corrected chi connectivity index (χ4v) is 3.32. The van der Waals surface area contributed by atoms with Crippen molar-refractivity contribution in [3.8, 4) is 17.6 Å². The van der Waals surface area contributed by atoms with Crippen LogP contribution in [0.1, 0.15) is 22.4 Å². The number of hydrogen-bond acceptors (Lipinski definition) is 6. The minimum Gasteiger partial charge on any atom is -0.396 e. The Bertz CT molecular complexity index is 1220. The van der Waals surface area contributed by atoms with E-state index in [1.54, 1.807) is 21.6 Å². The lowest BCUT2D eigenvalue weighted by molar-refractivity contribution is 0.299. The maximum absolute atomic E-state index is 9.69. The third-order valence-corrected chi connectivity index (χ3v) is 4.76. The van der Waals surface area contributed by atoms with E-state index in [4.69, 9.17) is 5.26 Å². The summed E-state index contributed by atoms with van der Waals surface area (Å²) in [5, 5.41) is 31.0. The standard InChI is InChI=1S/C22H21N7O/c1-15-12-17(14-23)4-5-19(15)26-22-18(7-11-30)20(13-16(2)25-22)28-10-6-21(27-28)29-9-3-8-24-29/h3-6,8-10,12-13,30H,7,11H2,1-2H3,(H,25,26). The summed E-state index contributed by atoms with van der Waals surface area (Å²) in [5.41, 5.74) is 4.90. The molecule has 0 atom stereocenters. The lowest BCUT2D eigenvalue weighted by Gasteiger charge is -2.17. The van der Waals surface area contributed by atoms with Gasteiger partial charge in [-0.05, 0) is 49.7 Å². The van der Waals surface area contributed by atoms with Gasteiger partial charge in [0, 0.05) is 54.6 Å². The predicted molar refractivity (Wildman–Crippen MR) is 113 cm³/mol. The number of aliphatic hydroxyl groups excluding tert-OH is 1. The number of aliphatic hydroxyl groups is 1. The van der Waals surface area contributed by atoms with Crippen LogP contribution >= 0.6 is 0 Å². The first kappa shape index (κ1) is 19.4. The summed E-state index contributed by atoms with van der Waals surface area (Å²) in [6, 6.07) is 13.3. The molecule has 3 heterocycles. The Labute approximate surface area is 174 Å². The first-order chi connectivity index (χ1) is 14.6. The van der Waals surface area contributed by atoms with Crippen molar-refractivity contribution in [3.05, 3.63) is 77.4 Å². The quantitative estimate of drug-likeness (QED) is 0.516. The average Bonchev–Trinajstić information content (AvgIpc) is 3.43. The highest BCUT2D eigenvalue weighted by Gasteiger charge is 2.15. The van der Waals surface area contributed by atoms with E-state index in [1.165, 1.54) is 0 Å². The number of nitrogens with zero attached hydrogens (tertiary/aromatic N) is 6. The van der Waals surface area contributed by atoms with Crippen LogP contribution in [0.25, 0.3) is 11.5 Å². The molecule has 0 bridgehead atoms. The second-order valence-corrected chi connectivity index (χ2v) is 6.92. The molecule has 4 aromatic rings. The van der Waals surface area contributed by atoms with Crippen molar-refractivity contribution in [1.82, 2.24) is 24.5 Å². The fourth-order valence-electron chi connectivity index (χ4n) is 3.32. The highest BCUT2D eigenvalue weighted by molar-refractivity contribution is 5.67. The van der Waals surface area contributed by atoms with Crippen molar-refractivity contribution in [2.24, 2.45) is 0 Å². The molecule has 8 heteroatoms. The Balaban J connectivity index is 1.77. The van der Waals surface area contributed by atoms with Crippen LogP contribution in [0.4, 0.5) is 11.5 Å². The van der Waals surface area contributed by atoms with Crippen molar-refractivity contribution in [2.75, 3.05) is 11.9 Å². The first-order valence-electron chi connectivity index (χ1n) is 9.54. The van der Waals surface area contributed by atoms with E-state index in [9.17, 15) is 5.11 Å². The Morgan fingerprint density at radius 2 is 2.00 bits per heavy atom. The first-order valence-corrected chi connectivity index (χ1v) is 9.54. The van der Waals surface area contributed by atoms with Crippen molar-refractivity contribution < 1.29 is 5.11 Å². The Hall–Kier alpha value is -3.96. The number of benzene rings is 1. The van der Waals surface area contributed by atoms with Gasteiger partial charge in [0.2, 0.25) is 0 Å². The molecule has 0 radical (unpaired) electrons. The van der Waals surface area contributed by atoms with Crippen molar-refractivity contribution in [1.29, 1.82) is 5.26 Å². The number of nitrogens with one attached hydrogen (secondary N) is 1. The molecule has 4 rings (SSSR count). The minimum absolute atomic E-state index is 0.0218. The van der Waals surface area contributed by atoms with Crippen LogP contribution in [-0.2, 0) is 6.42 Å². The minimum atomic E-state index is -0.0218.